The third kappa shape index (κ3) is 4.79. The zero-order valence-electron chi connectivity index (χ0n) is 15.1. The zero-order valence-corrected chi connectivity index (χ0v) is 17.4. The number of ether oxygens (including phenoxy) is 1. The number of hydrogen-bond acceptors (Lipinski definition) is 5. The summed E-state index contributed by atoms with van der Waals surface area (Å²) in [5, 5.41) is 3.37. The monoisotopic (exact) mass is 437 g/mol. The molecule has 1 heterocycles. The molecule has 0 bridgehead atoms. The summed E-state index contributed by atoms with van der Waals surface area (Å²) in [5.41, 5.74) is 1.05. The molecule has 0 saturated carbocycles. The fraction of sp³-hybridized carbons (Fsp3) is 0.211. The van der Waals surface area contributed by atoms with Crippen molar-refractivity contribution in [2.45, 2.75) is 11.7 Å². The van der Waals surface area contributed by atoms with Gasteiger partial charge in [-0.25, -0.2) is 4.99 Å². The van der Waals surface area contributed by atoms with Crippen LogP contribution in [0.25, 0.3) is 0 Å². The Morgan fingerprint density at radius 1 is 1.25 bits per heavy atom. The van der Waals surface area contributed by atoms with Crippen molar-refractivity contribution in [3.63, 3.8) is 0 Å². The number of carbonyl (C=O) groups excluding carboxylic acids is 2. The molecule has 1 saturated heterocycles. The highest BCUT2D eigenvalue weighted by atomic mass is 35.5. The van der Waals surface area contributed by atoms with Crippen LogP contribution in [-0.4, -0.2) is 41.3 Å². The van der Waals surface area contributed by atoms with Gasteiger partial charge >= 0.3 is 0 Å². The van der Waals surface area contributed by atoms with Crippen LogP contribution in [-0.2, 0) is 9.59 Å². The standard InChI is InChI=1S/C19H17Cl2N3O3S/c1-24-17(25)10-16(18(26)22-13-8-11(20)7-12(21)9-13)28-19(24)23-14-5-3-4-6-15(14)27-2/h3-9,16H,10H2,1-2H3,(H,22,26). The van der Waals surface area contributed by atoms with Gasteiger partial charge in [0.1, 0.15) is 16.7 Å². The normalized spacial score (nSPS) is 18.3. The third-order valence-electron chi connectivity index (χ3n) is 3.99. The summed E-state index contributed by atoms with van der Waals surface area (Å²) in [6.45, 7) is 0. The largest absolute Gasteiger partial charge is 0.494 e. The van der Waals surface area contributed by atoms with E-state index < -0.39 is 5.25 Å². The number of methoxy groups -OCH3 is 1. The maximum Gasteiger partial charge on any atom is 0.238 e. The summed E-state index contributed by atoms with van der Waals surface area (Å²) in [6, 6.07) is 12.0. The molecule has 0 aliphatic carbocycles. The van der Waals surface area contributed by atoms with E-state index in [2.05, 4.69) is 10.3 Å². The van der Waals surface area contributed by atoms with Crippen LogP contribution in [0, 0.1) is 0 Å². The number of halogens is 2. The molecule has 9 heteroatoms. The van der Waals surface area contributed by atoms with Crippen LogP contribution in [0.1, 0.15) is 6.42 Å². The van der Waals surface area contributed by atoms with Crippen molar-refractivity contribution in [1.29, 1.82) is 0 Å². The minimum Gasteiger partial charge on any atom is -0.494 e. The molecular formula is C19H17Cl2N3O3S. The van der Waals surface area contributed by atoms with Crippen molar-refractivity contribution in [1.82, 2.24) is 4.90 Å². The van der Waals surface area contributed by atoms with Crippen molar-refractivity contribution in [2.75, 3.05) is 19.5 Å². The molecule has 0 radical (unpaired) electrons. The lowest BCUT2D eigenvalue weighted by atomic mass is 10.2. The lowest BCUT2D eigenvalue weighted by molar-refractivity contribution is -0.128. The smallest absolute Gasteiger partial charge is 0.238 e. The molecule has 1 N–H and O–H groups in total. The average molecular weight is 438 g/mol. The van der Waals surface area contributed by atoms with Crippen molar-refractivity contribution in [3.8, 4) is 5.75 Å². The fourth-order valence-corrected chi connectivity index (χ4v) is 4.16. The highest BCUT2D eigenvalue weighted by Gasteiger charge is 2.34. The lowest BCUT2D eigenvalue weighted by Gasteiger charge is -2.29. The molecule has 1 aliphatic rings. The van der Waals surface area contributed by atoms with Gasteiger partial charge in [-0.15, -0.1) is 0 Å². The van der Waals surface area contributed by atoms with Crippen LogP contribution in [0.5, 0.6) is 5.75 Å². The van der Waals surface area contributed by atoms with E-state index >= 15 is 0 Å². The number of hydrogen-bond donors (Lipinski definition) is 1. The summed E-state index contributed by atoms with van der Waals surface area (Å²) >= 11 is 13.2. The van der Waals surface area contributed by atoms with Gasteiger partial charge in [-0.1, -0.05) is 47.1 Å². The molecule has 0 aromatic heterocycles. The number of amidine groups is 1. The predicted molar refractivity (Wildman–Crippen MR) is 114 cm³/mol. The quantitative estimate of drug-likeness (QED) is 0.758. The van der Waals surface area contributed by atoms with Crippen LogP contribution >= 0.6 is 35.0 Å². The topological polar surface area (TPSA) is 71.0 Å². The average Bonchev–Trinajstić information content (AvgIpc) is 2.64. The van der Waals surface area contributed by atoms with Crippen LogP contribution < -0.4 is 10.1 Å². The molecule has 146 valence electrons. The maximum absolute atomic E-state index is 12.7. The summed E-state index contributed by atoms with van der Waals surface area (Å²) < 4.78 is 5.30. The Kier molecular flexibility index (Phi) is 6.49. The maximum atomic E-state index is 12.7. The zero-order chi connectivity index (χ0) is 20.3. The van der Waals surface area contributed by atoms with Crippen LogP contribution in [0.15, 0.2) is 47.5 Å². The molecule has 6 nitrogen and oxygen atoms in total. The van der Waals surface area contributed by atoms with E-state index in [0.717, 1.165) is 0 Å². The van der Waals surface area contributed by atoms with E-state index in [9.17, 15) is 9.59 Å². The number of nitrogens with zero attached hydrogens (tertiary/aromatic N) is 2. The Bertz CT molecular complexity index is 932. The first-order valence-electron chi connectivity index (χ1n) is 8.29. The number of nitrogens with one attached hydrogen (secondary N) is 1. The molecule has 2 aromatic rings. The first-order valence-corrected chi connectivity index (χ1v) is 9.93. The molecule has 0 spiro atoms. The van der Waals surface area contributed by atoms with E-state index in [1.54, 1.807) is 44.5 Å². The first kappa shape index (κ1) is 20.5. The number of rotatable bonds is 4. The van der Waals surface area contributed by atoms with E-state index in [1.807, 2.05) is 12.1 Å². The Labute approximate surface area is 176 Å². The highest BCUT2D eigenvalue weighted by molar-refractivity contribution is 8.15. The van der Waals surface area contributed by atoms with Gasteiger partial charge < -0.3 is 10.1 Å². The number of thioether (sulfide) groups is 1. The molecular weight excluding hydrogens is 421 g/mol. The van der Waals surface area contributed by atoms with Crippen molar-refractivity contribution < 1.29 is 14.3 Å². The second-order valence-corrected chi connectivity index (χ2v) is 8.02. The van der Waals surface area contributed by atoms with E-state index in [-0.39, 0.29) is 18.2 Å². The number of para-hydroxylation sites is 2. The Balaban J connectivity index is 1.82. The van der Waals surface area contributed by atoms with E-state index in [4.69, 9.17) is 27.9 Å². The van der Waals surface area contributed by atoms with Gasteiger partial charge in [-0.3, -0.25) is 14.5 Å². The number of carbonyl (C=O) groups is 2. The molecule has 2 amide bonds. The molecule has 28 heavy (non-hydrogen) atoms. The molecule has 1 fully saturated rings. The van der Waals surface area contributed by atoms with Gasteiger partial charge in [0.2, 0.25) is 11.8 Å². The number of benzene rings is 2. The van der Waals surface area contributed by atoms with Crippen molar-refractivity contribution in [2.24, 2.45) is 4.99 Å². The van der Waals surface area contributed by atoms with E-state index in [1.165, 1.54) is 16.7 Å². The second kappa shape index (κ2) is 8.86. The molecule has 1 aliphatic heterocycles. The van der Waals surface area contributed by atoms with Crippen LogP contribution in [0.2, 0.25) is 10.0 Å². The van der Waals surface area contributed by atoms with Gasteiger partial charge in [0.15, 0.2) is 5.17 Å². The second-order valence-electron chi connectivity index (χ2n) is 5.98. The first-order chi connectivity index (χ1) is 13.4. The van der Waals surface area contributed by atoms with Gasteiger partial charge in [0.25, 0.3) is 0 Å². The van der Waals surface area contributed by atoms with Crippen molar-refractivity contribution in [3.05, 3.63) is 52.5 Å². The molecule has 2 aromatic carbocycles. The summed E-state index contributed by atoms with van der Waals surface area (Å²) in [4.78, 5) is 31.1. The van der Waals surface area contributed by atoms with Gasteiger partial charge in [0.05, 0.1) is 7.11 Å². The minimum absolute atomic E-state index is 0.0617. The summed E-state index contributed by atoms with van der Waals surface area (Å²) in [6.07, 6.45) is 0.0617. The molecule has 1 unspecified atom stereocenters. The summed E-state index contributed by atoms with van der Waals surface area (Å²) in [5.74, 6) is 0.0609. The number of aliphatic imine (C=N–C) groups is 1. The fourth-order valence-electron chi connectivity index (χ4n) is 2.57. The summed E-state index contributed by atoms with van der Waals surface area (Å²) in [7, 11) is 3.18. The van der Waals surface area contributed by atoms with E-state index in [0.29, 0.717) is 32.3 Å². The number of amides is 2. The number of anilines is 1. The predicted octanol–water partition coefficient (Wildman–Crippen LogP) is 4.59. The van der Waals surface area contributed by atoms with Gasteiger partial charge in [-0.05, 0) is 30.3 Å². The Morgan fingerprint density at radius 3 is 2.61 bits per heavy atom. The molecule has 1 atom stereocenters. The van der Waals surface area contributed by atoms with Crippen LogP contribution in [0.4, 0.5) is 11.4 Å². The Hall–Kier alpha value is -2.22. The van der Waals surface area contributed by atoms with Gasteiger partial charge in [-0.2, -0.15) is 0 Å². The van der Waals surface area contributed by atoms with Crippen molar-refractivity contribution >= 4 is 63.3 Å². The third-order valence-corrected chi connectivity index (χ3v) is 5.67. The highest BCUT2D eigenvalue weighted by Crippen LogP contribution is 2.33. The minimum atomic E-state index is -0.630. The van der Waals surface area contributed by atoms with Gasteiger partial charge in [0, 0.05) is 29.2 Å². The SMILES string of the molecule is COc1ccccc1N=C1SC(C(=O)Nc2cc(Cl)cc(Cl)c2)CC(=O)N1C. The molecule has 3 rings (SSSR count). The Morgan fingerprint density at radius 2 is 1.93 bits per heavy atom. The lowest BCUT2D eigenvalue weighted by Crippen LogP contribution is -2.43. The van der Waals surface area contributed by atoms with Crippen LogP contribution in [0.3, 0.4) is 0 Å².